The predicted molar refractivity (Wildman–Crippen MR) is 83.5 cm³/mol. The zero-order chi connectivity index (χ0) is 15.1. The van der Waals surface area contributed by atoms with Crippen LogP contribution >= 0.6 is 11.6 Å². The van der Waals surface area contributed by atoms with E-state index < -0.39 is 5.24 Å². The van der Waals surface area contributed by atoms with Crippen LogP contribution in [0.5, 0.6) is 17.2 Å². The molecule has 2 aromatic rings. The Morgan fingerprint density at radius 3 is 2.43 bits per heavy atom. The van der Waals surface area contributed by atoms with E-state index in [0.717, 1.165) is 18.6 Å². The lowest BCUT2D eigenvalue weighted by Gasteiger charge is -2.09. The second kappa shape index (κ2) is 7.70. The molecular formula is C17H17ClO3. The third kappa shape index (κ3) is 4.80. The fourth-order valence-corrected chi connectivity index (χ4v) is 1.88. The summed E-state index contributed by atoms with van der Waals surface area (Å²) in [4.78, 5) is 11.0. The van der Waals surface area contributed by atoms with E-state index in [2.05, 4.69) is 6.92 Å². The van der Waals surface area contributed by atoms with Gasteiger partial charge in [0, 0.05) is 11.6 Å². The van der Waals surface area contributed by atoms with Crippen LogP contribution < -0.4 is 9.47 Å². The summed E-state index contributed by atoms with van der Waals surface area (Å²) < 4.78 is 11.4. The van der Waals surface area contributed by atoms with Gasteiger partial charge in [0.2, 0.25) is 0 Å². The van der Waals surface area contributed by atoms with Crippen LogP contribution in [0.25, 0.3) is 0 Å². The Balaban J connectivity index is 2.01. The third-order valence-electron chi connectivity index (χ3n) is 2.89. The average Bonchev–Trinajstić information content (AvgIpc) is 2.48. The van der Waals surface area contributed by atoms with Gasteiger partial charge in [-0.05, 0) is 54.4 Å². The number of ether oxygens (including phenoxy) is 2. The Kier molecular flexibility index (Phi) is 5.64. The lowest BCUT2D eigenvalue weighted by molar-refractivity contribution is 0.108. The summed E-state index contributed by atoms with van der Waals surface area (Å²) in [5.41, 5.74) is 0.445. The van der Waals surface area contributed by atoms with Crippen LogP contribution in [0.1, 0.15) is 30.1 Å². The molecule has 0 aliphatic heterocycles. The van der Waals surface area contributed by atoms with Crippen molar-refractivity contribution < 1.29 is 14.3 Å². The van der Waals surface area contributed by atoms with Gasteiger partial charge in [-0.2, -0.15) is 0 Å². The lowest BCUT2D eigenvalue weighted by atomic mass is 10.2. The van der Waals surface area contributed by atoms with E-state index >= 15 is 0 Å². The van der Waals surface area contributed by atoms with Gasteiger partial charge >= 0.3 is 0 Å². The molecule has 0 bridgehead atoms. The number of hydrogen-bond donors (Lipinski definition) is 0. The normalized spacial score (nSPS) is 10.2. The van der Waals surface area contributed by atoms with Crippen molar-refractivity contribution in [1.29, 1.82) is 0 Å². The SMILES string of the molecule is CCCCOc1cccc(Oc2ccc(C(=O)Cl)cc2)c1. The fraction of sp³-hybridized carbons (Fsp3) is 0.235. The van der Waals surface area contributed by atoms with Crippen molar-refractivity contribution in [3.8, 4) is 17.2 Å². The maximum Gasteiger partial charge on any atom is 0.252 e. The summed E-state index contributed by atoms with van der Waals surface area (Å²) in [5.74, 6) is 2.12. The average molecular weight is 305 g/mol. The third-order valence-corrected chi connectivity index (χ3v) is 3.11. The predicted octanol–water partition coefficient (Wildman–Crippen LogP) is 5.04. The van der Waals surface area contributed by atoms with E-state index in [1.807, 2.05) is 24.3 Å². The lowest BCUT2D eigenvalue weighted by Crippen LogP contribution is -1.96. The van der Waals surface area contributed by atoms with E-state index in [1.54, 1.807) is 24.3 Å². The number of carbonyl (C=O) groups is 1. The molecule has 0 heterocycles. The molecule has 0 saturated heterocycles. The molecule has 0 aromatic heterocycles. The molecule has 0 radical (unpaired) electrons. The maximum absolute atomic E-state index is 11.0. The first-order valence-electron chi connectivity index (χ1n) is 6.89. The minimum absolute atomic E-state index is 0.445. The first-order chi connectivity index (χ1) is 10.2. The highest BCUT2D eigenvalue weighted by atomic mass is 35.5. The molecule has 0 atom stereocenters. The van der Waals surface area contributed by atoms with Crippen LogP contribution in [0.3, 0.4) is 0 Å². The van der Waals surface area contributed by atoms with Gasteiger partial charge in [-0.3, -0.25) is 4.79 Å². The van der Waals surface area contributed by atoms with Gasteiger partial charge in [-0.1, -0.05) is 19.4 Å². The van der Waals surface area contributed by atoms with Gasteiger partial charge in [0.25, 0.3) is 5.24 Å². The highest BCUT2D eigenvalue weighted by Crippen LogP contribution is 2.25. The summed E-state index contributed by atoms with van der Waals surface area (Å²) in [5, 5.41) is -0.479. The van der Waals surface area contributed by atoms with E-state index in [1.165, 1.54) is 0 Å². The minimum Gasteiger partial charge on any atom is -0.493 e. The van der Waals surface area contributed by atoms with Gasteiger partial charge in [-0.25, -0.2) is 0 Å². The molecule has 3 nitrogen and oxygen atoms in total. The smallest absolute Gasteiger partial charge is 0.252 e. The van der Waals surface area contributed by atoms with Crippen molar-refractivity contribution >= 4 is 16.8 Å². The molecule has 0 amide bonds. The Labute approximate surface area is 129 Å². The topological polar surface area (TPSA) is 35.5 Å². The Morgan fingerprint density at radius 1 is 1.05 bits per heavy atom. The molecule has 4 heteroatoms. The van der Waals surface area contributed by atoms with Gasteiger partial charge in [0.05, 0.1) is 6.61 Å². The second-order valence-corrected chi connectivity index (χ2v) is 4.92. The Bertz CT molecular complexity index is 593. The molecule has 2 rings (SSSR count). The van der Waals surface area contributed by atoms with Crippen molar-refractivity contribution in [2.45, 2.75) is 19.8 Å². The Morgan fingerprint density at radius 2 is 1.76 bits per heavy atom. The molecule has 0 saturated carbocycles. The van der Waals surface area contributed by atoms with E-state index in [-0.39, 0.29) is 0 Å². The van der Waals surface area contributed by atoms with Crippen LogP contribution in [0, 0.1) is 0 Å². The number of benzene rings is 2. The number of carbonyl (C=O) groups excluding carboxylic acids is 1. The molecule has 110 valence electrons. The summed E-state index contributed by atoms with van der Waals surface area (Å²) in [6.07, 6.45) is 2.13. The first kappa shape index (κ1) is 15.4. The van der Waals surface area contributed by atoms with Gasteiger partial charge in [0.1, 0.15) is 17.2 Å². The monoisotopic (exact) mass is 304 g/mol. The van der Waals surface area contributed by atoms with Crippen LogP contribution in [-0.2, 0) is 0 Å². The van der Waals surface area contributed by atoms with Crippen molar-refractivity contribution in [3.05, 3.63) is 54.1 Å². The largest absolute Gasteiger partial charge is 0.493 e. The first-order valence-corrected chi connectivity index (χ1v) is 7.27. The second-order valence-electron chi connectivity index (χ2n) is 4.58. The van der Waals surface area contributed by atoms with Gasteiger partial charge in [-0.15, -0.1) is 0 Å². The van der Waals surface area contributed by atoms with Crippen LogP contribution in [0.2, 0.25) is 0 Å². The maximum atomic E-state index is 11.0. The number of rotatable bonds is 7. The molecule has 0 fully saturated rings. The highest BCUT2D eigenvalue weighted by molar-refractivity contribution is 6.67. The Hall–Kier alpha value is -2.00. The minimum atomic E-state index is -0.479. The highest BCUT2D eigenvalue weighted by Gasteiger charge is 2.03. The number of unbranched alkanes of at least 4 members (excludes halogenated alkanes) is 1. The molecule has 0 spiro atoms. The van der Waals surface area contributed by atoms with Crippen molar-refractivity contribution in [1.82, 2.24) is 0 Å². The van der Waals surface area contributed by atoms with Crippen LogP contribution in [0.4, 0.5) is 0 Å². The van der Waals surface area contributed by atoms with E-state index in [4.69, 9.17) is 21.1 Å². The zero-order valence-electron chi connectivity index (χ0n) is 11.8. The van der Waals surface area contributed by atoms with Crippen molar-refractivity contribution in [2.24, 2.45) is 0 Å². The summed E-state index contributed by atoms with van der Waals surface area (Å²) >= 11 is 5.40. The molecule has 0 unspecified atom stereocenters. The summed E-state index contributed by atoms with van der Waals surface area (Å²) in [7, 11) is 0. The van der Waals surface area contributed by atoms with E-state index in [0.29, 0.717) is 23.7 Å². The molecular weight excluding hydrogens is 288 g/mol. The van der Waals surface area contributed by atoms with Crippen molar-refractivity contribution in [2.75, 3.05) is 6.61 Å². The standard InChI is InChI=1S/C17H17ClO3/c1-2-3-11-20-15-5-4-6-16(12-15)21-14-9-7-13(8-10-14)17(18)19/h4-10,12H,2-3,11H2,1H3. The quantitative estimate of drug-likeness (QED) is 0.531. The summed E-state index contributed by atoms with van der Waals surface area (Å²) in [6, 6.07) is 14.2. The summed E-state index contributed by atoms with van der Waals surface area (Å²) in [6.45, 7) is 2.82. The molecule has 0 N–H and O–H groups in total. The number of hydrogen-bond acceptors (Lipinski definition) is 3. The zero-order valence-corrected chi connectivity index (χ0v) is 12.6. The molecule has 2 aromatic carbocycles. The van der Waals surface area contributed by atoms with Crippen LogP contribution in [-0.4, -0.2) is 11.8 Å². The molecule has 0 aliphatic carbocycles. The van der Waals surface area contributed by atoms with Crippen LogP contribution in [0.15, 0.2) is 48.5 Å². The van der Waals surface area contributed by atoms with Crippen molar-refractivity contribution in [3.63, 3.8) is 0 Å². The van der Waals surface area contributed by atoms with E-state index in [9.17, 15) is 4.79 Å². The molecule has 21 heavy (non-hydrogen) atoms. The fourth-order valence-electron chi connectivity index (χ4n) is 1.75. The van der Waals surface area contributed by atoms with Gasteiger partial charge < -0.3 is 9.47 Å². The van der Waals surface area contributed by atoms with Gasteiger partial charge in [0.15, 0.2) is 0 Å². The molecule has 0 aliphatic rings. The number of halogens is 1.